The van der Waals surface area contributed by atoms with Crippen LogP contribution in [-0.4, -0.2) is 23.8 Å². The lowest BCUT2D eigenvalue weighted by molar-refractivity contribution is 0.551. The number of nitriles is 1. The summed E-state index contributed by atoms with van der Waals surface area (Å²) >= 11 is 0. The van der Waals surface area contributed by atoms with E-state index < -0.39 is 6.04 Å². The molecule has 0 saturated heterocycles. The zero-order chi connectivity index (χ0) is 6.69. The standard InChI is InChI=1S/C6H6N3/c1-2-9-4-6(3-7)8-5-9/h6H,2H2,1H3. The van der Waals surface area contributed by atoms with Crippen molar-refractivity contribution in [2.45, 2.75) is 13.0 Å². The van der Waals surface area contributed by atoms with Crippen molar-refractivity contribution in [3.63, 3.8) is 0 Å². The number of aliphatic imine (C=N–C) groups is 1. The molecule has 0 N–H and O–H groups in total. The van der Waals surface area contributed by atoms with Crippen LogP contribution in [0, 0.1) is 17.9 Å². The summed E-state index contributed by atoms with van der Waals surface area (Å²) < 4.78 is 0. The van der Waals surface area contributed by atoms with E-state index in [4.69, 9.17) is 5.26 Å². The van der Waals surface area contributed by atoms with Crippen molar-refractivity contribution in [3.05, 3.63) is 6.54 Å². The van der Waals surface area contributed by atoms with Gasteiger partial charge in [-0.05, 0) is 6.92 Å². The number of nitrogens with zero attached hydrogens (tertiary/aromatic N) is 3. The molecule has 3 nitrogen and oxygen atoms in total. The predicted octanol–water partition coefficient (Wildman–Crippen LogP) is 0.158. The Bertz CT molecular complexity index is 156. The van der Waals surface area contributed by atoms with Crippen molar-refractivity contribution in [1.29, 1.82) is 5.26 Å². The van der Waals surface area contributed by atoms with Gasteiger partial charge in [-0.15, -0.1) is 0 Å². The van der Waals surface area contributed by atoms with Crippen molar-refractivity contribution in [2.24, 2.45) is 4.99 Å². The molecule has 1 unspecified atom stereocenters. The molecule has 9 heavy (non-hydrogen) atoms. The van der Waals surface area contributed by atoms with Crippen LogP contribution in [0.25, 0.3) is 0 Å². The third kappa shape index (κ3) is 1.20. The minimum absolute atomic E-state index is 0.426. The molecule has 1 aliphatic rings. The topological polar surface area (TPSA) is 39.4 Å². The smallest absolute Gasteiger partial charge is 0.169 e. The first-order chi connectivity index (χ1) is 4.36. The summed E-state index contributed by atoms with van der Waals surface area (Å²) in [6.07, 6.45) is 2.63. The van der Waals surface area contributed by atoms with E-state index in [9.17, 15) is 0 Å². The van der Waals surface area contributed by atoms with E-state index in [-0.39, 0.29) is 0 Å². The second kappa shape index (κ2) is 2.49. The van der Waals surface area contributed by atoms with Gasteiger partial charge in [0.2, 0.25) is 0 Å². The molecule has 1 rings (SSSR count). The van der Waals surface area contributed by atoms with Crippen LogP contribution in [0.3, 0.4) is 0 Å². The zero-order valence-electron chi connectivity index (χ0n) is 5.13. The van der Waals surface area contributed by atoms with E-state index in [0.29, 0.717) is 0 Å². The second-order valence-corrected chi connectivity index (χ2v) is 1.63. The highest BCUT2D eigenvalue weighted by molar-refractivity contribution is 5.60. The number of rotatable bonds is 1. The lowest BCUT2D eigenvalue weighted by Crippen LogP contribution is -2.16. The minimum atomic E-state index is -0.426. The van der Waals surface area contributed by atoms with Crippen LogP contribution in [-0.2, 0) is 0 Å². The van der Waals surface area contributed by atoms with Gasteiger partial charge in [0.05, 0.1) is 6.07 Å². The highest BCUT2D eigenvalue weighted by Gasteiger charge is 2.16. The number of hydrogen-bond donors (Lipinski definition) is 0. The van der Waals surface area contributed by atoms with Crippen LogP contribution < -0.4 is 0 Å². The van der Waals surface area contributed by atoms with Gasteiger partial charge in [-0.1, -0.05) is 0 Å². The van der Waals surface area contributed by atoms with Gasteiger partial charge in [-0.25, -0.2) is 4.99 Å². The summed E-state index contributed by atoms with van der Waals surface area (Å²) in [5, 5.41) is 8.31. The van der Waals surface area contributed by atoms with E-state index in [1.54, 1.807) is 4.90 Å². The van der Waals surface area contributed by atoms with E-state index in [1.165, 1.54) is 0 Å². The maximum Gasteiger partial charge on any atom is 0.169 e. The molecule has 0 saturated carbocycles. The van der Waals surface area contributed by atoms with Crippen LogP contribution in [0.4, 0.5) is 0 Å². The molecule has 0 bridgehead atoms. The molecule has 0 aromatic carbocycles. The second-order valence-electron chi connectivity index (χ2n) is 1.63. The van der Waals surface area contributed by atoms with Gasteiger partial charge in [0.25, 0.3) is 0 Å². The van der Waals surface area contributed by atoms with Gasteiger partial charge in [0, 0.05) is 6.54 Å². The molecule has 1 atom stereocenters. The molecule has 0 aromatic heterocycles. The van der Waals surface area contributed by atoms with E-state index >= 15 is 0 Å². The molecule has 1 heterocycles. The molecule has 45 valence electrons. The first-order valence-electron chi connectivity index (χ1n) is 2.75. The highest BCUT2D eigenvalue weighted by atomic mass is 15.2. The normalized spacial score (nSPS) is 24.4. The third-order valence-corrected chi connectivity index (χ3v) is 1.02. The summed E-state index contributed by atoms with van der Waals surface area (Å²) in [5.41, 5.74) is 0. The summed E-state index contributed by atoms with van der Waals surface area (Å²) in [6, 6.07) is 1.52. The average molecular weight is 120 g/mol. The molecule has 0 spiro atoms. The van der Waals surface area contributed by atoms with Gasteiger partial charge >= 0.3 is 0 Å². The molecule has 1 aliphatic heterocycles. The maximum absolute atomic E-state index is 8.31. The fourth-order valence-electron chi connectivity index (χ4n) is 0.553. The van der Waals surface area contributed by atoms with Gasteiger partial charge in [-0.3, -0.25) is 0 Å². The average Bonchev–Trinajstić information content (AvgIpc) is 2.34. The van der Waals surface area contributed by atoms with Crippen molar-refractivity contribution < 1.29 is 0 Å². The largest absolute Gasteiger partial charge is 0.340 e. The number of hydrogen-bond acceptors (Lipinski definition) is 3. The van der Waals surface area contributed by atoms with E-state index in [1.807, 2.05) is 13.0 Å². The van der Waals surface area contributed by atoms with Crippen LogP contribution in [0.15, 0.2) is 4.99 Å². The summed E-state index contributed by atoms with van der Waals surface area (Å²) in [7, 11) is 0. The zero-order valence-corrected chi connectivity index (χ0v) is 5.13. The Hall–Kier alpha value is -1.04. The number of likely N-dealkylation sites (N-methyl/N-ethyl adjacent to an activating group) is 1. The van der Waals surface area contributed by atoms with Gasteiger partial charge in [0.1, 0.15) is 6.54 Å². The Kier molecular flexibility index (Phi) is 1.69. The summed E-state index contributed by atoms with van der Waals surface area (Å²) in [4.78, 5) is 5.36. The van der Waals surface area contributed by atoms with E-state index in [2.05, 4.69) is 17.9 Å². The third-order valence-electron chi connectivity index (χ3n) is 1.02. The maximum atomic E-state index is 8.31. The van der Waals surface area contributed by atoms with Crippen LogP contribution in [0.1, 0.15) is 6.92 Å². The molecule has 3 heteroatoms. The predicted molar refractivity (Wildman–Crippen MR) is 32.5 cm³/mol. The Labute approximate surface area is 54.6 Å². The fraction of sp³-hybridized carbons (Fsp3) is 0.500. The summed E-state index contributed by atoms with van der Waals surface area (Å²) in [6.45, 7) is 5.52. The minimum Gasteiger partial charge on any atom is -0.340 e. The molecule has 0 aliphatic carbocycles. The molecule has 0 aromatic rings. The summed E-state index contributed by atoms with van der Waals surface area (Å²) in [5.74, 6) is 0. The van der Waals surface area contributed by atoms with Crippen LogP contribution in [0.2, 0.25) is 0 Å². The van der Waals surface area contributed by atoms with Gasteiger partial charge in [0.15, 0.2) is 12.4 Å². The van der Waals surface area contributed by atoms with Crippen LogP contribution in [0.5, 0.6) is 0 Å². The lowest BCUT2D eigenvalue weighted by atomic mass is 10.3. The Balaban J connectivity index is 2.42. The molecular formula is C6H6N3. The van der Waals surface area contributed by atoms with Crippen LogP contribution >= 0.6 is 0 Å². The van der Waals surface area contributed by atoms with Crippen molar-refractivity contribution in [2.75, 3.05) is 6.54 Å². The first kappa shape index (κ1) is 6.09. The molecule has 0 amide bonds. The van der Waals surface area contributed by atoms with Gasteiger partial charge < -0.3 is 4.90 Å². The lowest BCUT2D eigenvalue weighted by Gasteiger charge is -2.05. The Morgan fingerprint density at radius 2 is 2.67 bits per heavy atom. The quantitative estimate of drug-likeness (QED) is 0.494. The highest BCUT2D eigenvalue weighted by Crippen LogP contribution is 2.05. The monoisotopic (exact) mass is 120 g/mol. The Morgan fingerprint density at radius 3 is 3.00 bits per heavy atom. The molecular weight excluding hydrogens is 114 g/mol. The molecule has 3 radical (unpaired) electrons. The SMILES string of the molecule is CCN1[C]C(C#N)N=[C]1. The fourth-order valence-corrected chi connectivity index (χ4v) is 0.553. The Morgan fingerprint density at radius 1 is 1.89 bits per heavy atom. The molecule has 0 fully saturated rings. The van der Waals surface area contributed by atoms with Crippen molar-refractivity contribution >= 4 is 6.34 Å². The van der Waals surface area contributed by atoms with Crippen molar-refractivity contribution in [1.82, 2.24) is 4.90 Å². The van der Waals surface area contributed by atoms with Gasteiger partial charge in [-0.2, -0.15) is 5.26 Å². The van der Waals surface area contributed by atoms with E-state index in [0.717, 1.165) is 6.54 Å². The first-order valence-corrected chi connectivity index (χ1v) is 2.75. The van der Waals surface area contributed by atoms with Crippen molar-refractivity contribution in [3.8, 4) is 6.07 Å².